The summed E-state index contributed by atoms with van der Waals surface area (Å²) in [7, 11) is 0. The molecule has 0 N–H and O–H groups in total. The van der Waals surface area contributed by atoms with Crippen molar-refractivity contribution < 1.29 is 9.53 Å². The van der Waals surface area contributed by atoms with Crippen molar-refractivity contribution in [3.8, 4) is 0 Å². The van der Waals surface area contributed by atoms with Crippen LogP contribution in [0.3, 0.4) is 0 Å². The number of benzene rings is 1. The van der Waals surface area contributed by atoms with Gasteiger partial charge in [-0.05, 0) is 24.0 Å². The third-order valence-electron chi connectivity index (χ3n) is 2.26. The largest absolute Gasteiger partial charge is 0.447 e. The molecule has 1 aliphatic heterocycles. The molecule has 0 saturated heterocycles. The first-order valence-corrected chi connectivity index (χ1v) is 6.51. The summed E-state index contributed by atoms with van der Waals surface area (Å²) < 4.78 is 5.06. The monoisotopic (exact) mass is 274 g/mol. The maximum Gasteiger partial charge on any atom is 0.352 e. The van der Waals surface area contributed by atoms with Crippen LogP contribution in [0.1, 0.15) is 11.7 Å². The Labute approximate surface area is 108 Å². The van der Waals surface area contributed by atoms with E-state index in [0.29, 0.717) is 0 Å². The number of hydrogen-bond acceptors (Lipinski definition) is 3. The SMILES string of the molecule is CSc1ccc(C2OC(=O)C(Cl)=C2Cl)cc1. The molecule has 0 spiro atoms. The van der Waals surface area contributed by atoms with E-state index in [9.17, 15) is 4.79 Å². The van der Waals surface area contributed by atoms with Crippen molar-refractivity contribution in [3.05, 3.63) is 39.9 Å². The lowest BCUT2D eigenvalue weighted by Gasteiger charge is -2.10. The lowest BCUT2D eigenvalue weighted by atomic mass is 10.1. The fourth-order valence-corrected chi connectivity index (χ4v) is 2.22. The Bertz CT molecular complexity index is 454. The summed E-state index contributed by atoms with van der Waals surface area (Å²) in [6, 6.07) is 7.65. The molecule has 16 heavy (non-hydrogen) atoms. The lowest BCUT2D eigenvalue weighted by Crippen LogP contribution is -2.01. The molecule has 0 fully saturated rings. The van der Waals surface area contributed by atoms with Gasteiger partial charge in [-0.3, -0.25) is 0 Å². The molecule has 1 unspecified atom stereocenters. The van der Waals surface area contributed by atoms with Crippen LogP contribution in [0.4, 0.5) is 0 Å². The molecule has 0 saturated carbocycles. The molecule has 1 heterocycles. The molecule has 0 aliphatic carbocycles. The number of halogens is 2. The van der Waals surface area contributed by atoms with E-state index in [1.54, 1.807) is 11.8 Å². The van der Waals surface area contributed by atoms with Gasteiger partial charge in [0.2, 0.25) is 0 Å². The Balaban J connectivity index is 2.29. The van der Waals surface area contributed by atoms with E-state index in [-0.39, 0.29) is 10.1 Å². The molecule has 1 aromatic rings. The van der Waals surface area contributed by atoms with Crippen molar-refractivity contribution in [2.45, 2.75) is 11.0 Å². The van der Waals surface area contributed by atoms with Crippen molar-refractivity contribution in [1.82, 2.24) is 0 Å². The second-order valence-electron chi connectivity index (χ2n) is 3.22. The number of ether oxygens (including phenoxy) is 1. The van der Waals surface area contributed by atoms with Gasteiger partial charge in [0, 0.05) is 4.90 Å². The zero-order valence-corrected chi connectivity index (χ0v) is 10.7. The van der Waals surface area contributed by atoms with Crippen molar-refractivity contribution >= 4 is 40.9 Å². The molecule has 84 valence electrons. The average molecular weight is 275 g/mol. The van der Waals surface area contributed by atoms with E-state index in [2.05, 4.69) is 0 Å². The fourth-order valence-electron chi connectivity index (χ4n) is 1.42. The number of carbonyl (C=O) groups is 1. The molecule has 2 nitrogen and oxygen atoms in total. The molecule has 0 aromatic heterocycles. The van der Waals surface area contributed by atoms with Crippen LogP contribution in [0.15, 0.2) is 39.2 Å². The van der Waals surface area contributed by atoms with Crippen LogP contribution < -0.4 is 0 Å². The van der Waals surface area contributed by atoms with Gasteiger partial charge in [0.1, 0.15) is 5.03 Å². The van der Waals surface area contributed by atoms with Crippen LogP contribution in [0.5, 0.6) is 0 Å². The van der Waals surface area contributed by atoms with E-state index in [1.807, 2.05) is 30.5 Å². The molecular weight excluding hydrogens is 267 g/mol. The number of hydrogen-bond donors (Lipinski definition) is 0. The van der Waals surface area contributed by atoms with Gasteiger partial charge >= 0.3 is 5.97 Å². The fraction of sp³-hybridized carbons (Fsp3) is 0.182. The number of esters is 1. The van der Waals surface area contributed by atoms with Crippen LogP contribution in [-0.4, -0.2) is 12.2 Å². The van der Waals surface area contributed by atoms with Crippen molar-refractivity contribution in [3.63, 3.8) is 0 Å². The third-order valence-corrected chi connectivity index (χ3v) is 3.85. The van der Waals surface area contributed by atoms with E-state index in [0.717, 1.165) is 10.5 Å². The van der Waals surface area contributed by atoms with E-state index < -0.39 is 12.1 Å². The van der Waals surface area contributed by atoms with Crippen molar-refractivity contribution in [1.29, 1.82) is 0 Å². The molecule has 2 rings (SSSR count). The highest BCUT2D eigenvalue weighted by molar-refractivity contribution is 7.98. The predicted molar refractivity (Wildman–Crippen MR) is 65.8 cm³/mol. The summed E-state index contributed by atoms with van der Waals surface area (Å²) in [5.41, 5.74) is 0.826. The summed E-state index contributed by atoms with van der Waals surface area (Å²) in [5, 5.41) is 0.226. The maximum atomic E-state index is 11.2. The number of carbonyl (C=O) groups excluding carboxylic acids is 1. The van der Waals surface area contributed by atoms with E-state index in [4.69, 9.17) is 27.9 Å². The minimum absolute atomic E-state index is 0.0272. The minimum atomic E-state index is -0.564. The standard InChI is InChI=1S/C11H8Cl2O2S/c1-16-7-4-2-6(3-5-7)10-8(12)9(13)11(14)15-10/h2-5,10H,1H3. The van der Waals surface area contributed by atoms with Crippen LogP contribution in [0.25, 0.3) is 0 Å². The Morgan fingerprint density at radius 2 is 1.88 bits per heavy atom. The van der Waals surface area contributed by atoms with Gasteiger partial charge in [-0.1, -0.05) is 35.3 Å². The zero-order valence-electron chi connectivity index (χ0n) is 8.37. The quantitative estimate of drug-likeness (QED) is 0.608. The number of thioether (sulfide) groups is 1. The first kappa shape index (κ1) is 11.8. The average Bonchev–Trinajstić information content (AvgIpc) is 2.57. The molecule has 1 aromatic carbocycles. The molecule has 1 aliphatic rings. The van der Waals surface area contributed by atoms with E-state index >= 15 is 0 Å². The summed E-state index contributed by atoms with van der Waals surface area (Å²) in [4.78, 5) is 12.3. The first-order chi connectivity index (χ1) is 7.63. The highest BCUT2D eigenvalue weighted by Crippen LogP contribution is 2.39. The number of rotatable bonds is 2. The summed E-state index contributed by atoms with van der Waals surface area (Å²) in [6.45, 7) is 0. The highest BCUT2D eigenvalue weighted by Gasteiger charge is 2.33. The Hall–Kier alpha value is -0.640. The lowest BCUT2D eigenvalue weighted by molar-refractivity contribution is -0.139. The van der Waals surface area contributed by atoms with Crippen LogP contribution in [-0.2, 0) is 9.53 Å². The smallest absolute Gasteiger partial charge is 0.352 e. The molecule has 1 atom stereocenters. The molecule has 0 radical (unpaired) electrons. The second-order valence-corrected chi connectivity index (χ2v) is 4.89. The molecular formula is C11H8Cl2O2S. The van der Waals surface area contributed by atoms with Crippen LogP contribution in [0.2, 0.25) is 0 Å². The van der Waals surface area contributed by atoms with Crippen LogP contribution in [0, 0.1) is 0 Å². The van der Waals surface area contributed by atoms with Gasteiger partial charge in [0.05, 0.1) is 5.03 Å². The summed E-state index contributed by atoms with van der Waals surface area (Å²) >= 11 is 13.3. The normalized spacial score (nSPS) is 20.2. The van der Waals surface area contributed by atoms with Crippen molar-refractivity contribution in [2.75, 3.05) is 6.26 Å². The van der Waals surface area contributed by atoms with Crippen LogP contribution >= 0.6 is 35.0 Å². The summed E-state index contributed by atoms with van der Waals surface area (Å²) in [5.74, 6) is -0.564. The maximum absolute atomic E-state index is 11.2. The second kappa shape index (κ2) is 4.70. The molecule has 0 bridgehead atoms. The molecule has 5 heteroatoms. The Morgan fingerprint density at radius 3 is 2.31 bits per heavy atom. The number of cyclic esters (lactones) is 1. The van der Waals surface area contributed by atoms with Crippen molar-refractivity contribution in [2.24, 2.45) is 0 Å². The van der Waals surface area contributed by atoms with Gasteiger partial charge < -0.3 is 4.74 Å². The first-order valence-electron chi connectivity index (χ1n) is 4.53. The van der Waals surface area contributed by atoms with E-state index in [1.165, 1.54) is 0 Å². The zero-order chi connectivity index (χ0) is 11.7. The van der Waals surface area contributed by atoms with Gasteiger partial charge in [0.15, 0.2) is 6.10 Å². The van der Waals surface area contributed by atoms with Gasteiger partial charge in [-0.25, -0.2) is 4.79 Å². The Kier molecular flexibility index (Phi) is 3.47. The Morgan fingerprint density at radius 1 is 1.25 bits per heavy atom. The van der Waals surface area contributed by atoms with Gasteiger partial charge in [0.25, 0.3) is 0 Å². The summed E-state index contributed by atoms with van der Waals surface area (Å²) in [6.07, 6.45) is 1.44. The topological polar surface area (TPSA) is 26.3 Å². The highest BCUT2D eigenvalue weighted by atomic mass is 35.5. The molecule has 0 amide bonds. The third kappa shape index (κ3) is 2.08. The van der Waals surface area contributed by atoms with Gasteiger partial charge in [-0.2, -0.15) is 0 Å². The predicted octanol–water partition coefficient (Wildman–Crippen LogP) is 3.70. The van der Waals surface area contributed by atoms with Gasteiger partial charge in [-0.15, -0.1) is 11.8 Å². The minimum Gasteiger partial charge on any atom is -0.447 e.